The maximum Gasteiger partial charge on any atom is 0.277 e. The monoisotopic (exact) mass is 372 g/mol. The molecule has 1 aliphatic heterocycles. The van der Waals surface area contributed by atoms with Gasteiger partial charge >= 0.3 is 0 Å². The molecule has 5 nitrogen and oxygen atoms in total. The molecule has 0 spiro atoms. The van der Waals surface area contributed by atoms with E-state index in [0.717, 1.165) is 31.0 Å². The molecule has 0 radical (unpaired) electrons. The van der Waals surface area contributed by atoms with Gasteiger partial charge in [-0.2, -0.15) is 4.39 Å². The lowest BCUT2D eigenvalue weighted by molar-refractivity contribution is 0.0694. The molecule has 0 unspecified atom stereocenters. The molecule has 0 aromatic carbocycles. The van der Waals surface area contributed by atoms with E-state index >= 15 is 0 Å². The summed E-state index contributed by atoms with van der Waals surface area (Å²) in [7, 11) is 0. The molecule has 0 bridgehead atoms. The molecule has 1 saturated carbocycles. The number of rotatable bonds is 4. The number of aryl methyl sites for hydroxylation is 1. The summed E-state index contributed by atoms with van der Waals surface area (Å²) in [4.78, 5) is 21.9. The zero-order chi connectivity index (χ0) is 19.1. The summed E-state index contributed by atoms with van der Waals surface area (Å²) in [6, 6.07) is 3.98. The zero-order valence-electron chi connectivity index (χ0n) is 16.5. The van der Waals surface area contributed by atoms with Gasteiger partial charge in [0, 0.05) is 38.4 Å². The van der Waals surface area contributed by atoms with Gasteiger partial charge in [0.2, 0.25) is 5.95 Å². The largest absolute Gasteiger partial charge is 0.336 e. The van der Waals surface area contributed by atoms with E-state index in [0.29, 0.717) is 30.7 Å². The molecule has 6 heteroatoms. The SMILES string of the molecule is Cc1cccn2c(F)c(C(=O)N3CCCN(CC4CC4)[C@@H](C(C)C)C3)nc12. The summed E-state index contributed by atoms with van der Waals surface area (Å²) in [5, 5.41) is 0. The lowest BCUT2D eigenvalue weighted by Crippen LogP contribution is -2.46. The third-order valence-electron chi connectivity index (χ3n) is 5.99. The Hall–Kier alpha value is -1.95. The molecule has 27 heavy (non-hydrogen) atoms. The van der Waals surface area contributed by atoms with E-state index in [4.69, 9.17) is 0 Å². The summed E-state index contributed by atoms with van der Waals surface area (Å²) in [5.74, 6) is 0.436. The van der Waals surface area contributed by atoms with Crippen LogP contribution in [0.4, 0.5) is 4.39 Å². The molecule has 3 heterocycles. The van der Waals surface area contributed by atoms with Gasteiger partial charge in [-0.1, -0.05) is 19.9 Å². The average Bonchev–Trinajstić information content (AvgIpc) is 3.42. The number of aromatic nitrogens is 2. The Morgan fingerprint density at radius 3 is 2.78 bits per heavy atom. The zero-order valence-corrected chi connectivity index (χ0v) is 16.5. The van der Waals surface area contributed by atoms with Crippen LogP contribution in [0.25, 0.3) is 5.65 Å². The van der Waals surface area contributed by atoms with Crippen molar-refractivity contribution in [3.05, 3.63) is 35.5 Å². The molecule has 1 aliphatic carbocycles. The number of halogens is 1. The molecular formula is C21H29FN4O. The third-order valence-corrected chi connectivity index (χ3v) is 5.99. The van der Waals surface area contributed by atoms with Crippen LogP contribution >= 0.6 is 0 Å². The Morgan fingerprint density at radius 2 is 2.11 bits per heavy atom. The molecule has 0 N–H and O–H groups in total. The quantitative estimate of drug-likeness (QED) is 0.826. The van der Waals surface area contributed by atoms with Gasteiger partial charge in [-0.05, 0) is 49.7 Å². The summed E-state index contributed by atoms with van der Waals surface area (Å²) in [6.07, 6.45) is 5.21. The minimum atomic E-state index is -0.557. The number of hydrogen-bond acceptors (Lipinski definition) is 3. The number of carbonyl (C=O) groups is 1. The fourth-order valence-electron chi connectivity index (χ4n) is 4.20. The molecule has 2 aliphatic rings. The predicted molar refractivity (Wildman–Crippen MR) is 103 cm³/mol. The highest BCUT2D eigenvalue weighted by Gasteiger charge is 2.34. The summed E-state index contributed by atoms with van der Waals surface area (Å²) < 4.78 is 16.2. The van der Waals surface area contributed by atoms with E-state index in [1.807, 2.05) is 17.9 Å². The molecule has 4 rings (SSSR count). The van der Waals surface area contributed by atoms with Crippen LogP contribution in [0.5, 0.6) is 0 Å². The first-order chi connectivity index (χ1) is 13.0. The lowest BCUT2D eigenvalue weighted by atomic mass is 10.0. The van der Waals surface area contributed by atoms with Crippen molar-refractivity contribution < 1.29 is 9.18 Å². The number of hydrogen-bond donors (Lipinski definition) is 0. The fraction of sp³-hybridized carbons (Fsp3) is 0.619. The number of imidazole rings is 1. The highest BCUT2D eigenvalue weighted by molar-refractivity contribution is 5.93. The molecular weight excluding hydrogens is 343 g/mol. The van der Waals surface area contributed by atoms with E-state index in [9.17, 15) is 9.18 Å². The first kappa shape index (κ1) is 18.4. The summed E-state index contributed by atoms with van der Waals surface area (Å²) in [5.41, 5.74) is 1.33. The normalized spacial score (nSPS) is 21.8. The van der Waals surface area contributed by atoms with Crippen molar-refractivity contribution in [3.63, 3.8) is 0 Å². The predicted octanol–water partition coefficient (Wildman–Crippen LogP) is 3.36. The van der Waals surface area contributed by atoms with Crippen LogP contribution in [0, 0.1) is 24.7 Å². The van der Waals surface area contributed by atoms with Crippen molar-refractivity contribution in [2.75, 3.05) is 26.2 Å². The number of pyridine rings is 1. The van der Waals surface area contributed by atoms with Crippen LogP contribution in [-0.4, -0.2) is 57.3 Å². The van der Waals surface area contributed by atoms with E-state index in [1.165, 1.54) is 17.2 Å². The van der Waals surface area contributed by atoms with E-state index in [-0.39, 0.29) is 11.6 Å². The van der Waals surface area contributed by atoms with Gasteiger partial charge in [0.05, 0.1) is 0 Å². The highest BCUT2D eigenvalue weighted by Crippen LogP contribution is 2.32. The molecule has 1 atom stereocenters. The second-order valence-corrected chi connectivity index (χ2v) is 8.49. The molecule has 1 amide bonds. The lowest BCUT2D eigenvalue weighted by Gasteiger charge is -2.34. The second-order valence-electron chi connectivity index (χ2n) is 8.49. The van der Waals surface area contributed by atoms with Gasteiger partial charge in [-0.3, -0.25) is 14.1 Å². The average molecular weight is 372 g/mol. The maximum absolute atomic E-state index is 14.9. The van der Waals surface area contributed by atoms with Crippen molar-refractivity contribution in [1.29, 1.82) is 0 Å². The number of fused-ring (bicyclic) bond motifs is 1. The highest BCUT2D eigenvalue weighted by atomic mass is 19.1. The topological polar surface area (TPSA) is 40.9 Å². The van der Waals surface area contributed by atoms with Crippen LogP contribution in [0.2, 0.25) is 0 Å². The van der Waals surface area contributed by atoms with Crippen molar-refractivity contribution in [2.24, 2.45) is 11.8 Å². The van der Waals surface area contributed by atoms with Crippen molar-refractivity contribution in [2.45, 2.75) is 46.1 Å². The molecule has 2 fully saturated rings. The maximum atomic E-state index is 14.9. The standard InChI is InChI=1S/C21H29FN4O/c1-14(2)17-13-25(10-5-9-24(17)12-16-7-8-16)21(27)18-19(22)26-11-4-6-15(3)20(26)23-18/h4,6,11,14,16-17H,5,7-10,12-13H2,1-3H3/t17-/m1/s1. The third kappa shape index (κ3) is 3.59. The Balaban J connectivity index is 1.59. The molecule has 146 valence electrons. The van der Waals surface area contributed by atoms with Gasteiger partial charge in [0.1, 0.15) is 5.65 Å². The number of nitrogens with zero attached hydrogens (tertiary/aromatic N) is 4. The van der Waals surface area contributed by atoms with Crippen molar-refractivity contribution in [1.82, 2.24) is 19.2 Å². The van der Waals surface area contributed by atoms with Crippen LogP contribution < -0.4 is 0 Å². The number of carbonyl (C=O) groups excluding carboxylic acids is 1. The van der Waals surface area contributed by atoms with Crippen LogP contribution in [-0.2, 0) is 0 Å². The van der Waals surface area contributed by atoms with E-state index in [1.54, 1.807) is 12.3 Å². The second kappa shape index (κ2) is 7.23. The van der Waals surface area contributed by atoms with E-state index in [2.05, 4.69) is 23.7 Å². The first-order valence-electron chi connectivity index (χ1n) is 10.1. The minimum absolute atomic E-state index is 0.0533. The Bertz CT molecular complexity index is 842. The molecule has 2 aromatic heterocycles. The van der Waals surface area contributed by atoms with Crippen molar-refractivity contribution in [3.8, 4) is 0 Å². The number of amides is 1. The van der Waals surface area contributed by atoms with Gasteiger partial charge in [-0.15, -0.1) is 0 Å². The van der Waals surface area contributed by atoms with Gasteiger partial charge in [-0.25, -0.2) is 4.98 Å². The first-order valence-corrected chi connectivity index (χ1v) is 10.1. The fourth-order valence-corrected chi connectivity index (χ4v) is 4.20. The van der Waals surface area contributed by atoms with Gasteiger partial charge < -0.3 is 4.90 Å². The van der Waals surface area contributed by atoms with Crippen molar-refractivity contribution >= 4 is 11.6 Å². The molecule has 1 saturated heterocycles. The summed E-state index contributed by atoms with van der Waals surface area (Å²) in [6.45, 7) is 9.76. The molecule has 2 aromatic rings. The van der Waals surface area contributed by atoms with Crippen LogP contribution in [0.15, 0.2) is 18.3 Å². The van der Waals surface area contributed by atoms with Gasteiger partial charge in [0.15, 0.2) is 5.69 Å². The Kier molecular flexibility index (Phi) is 4.93. The van der Waals surface area contributed by atoms with Gasteiger partial charge in [0.25, 0.3) is 5.91 Å². The minimum Gasteiger partial charge on any atom is -0.336 e. The Morgan fingerprint density at radius 1 is 1.33 bits per heavy atom. The van der Waals surface area contributed by atoms with Crippen LogP contribution in [0.1, 0.15) is 49.2 Å². The Labute approximate surface area is 160 Å². The summed E-state index contributed by atoms with van der Waals surface area (Å²) >= 11 is 0. The van der Waals surface area contributed by atoms with E-state index < -0.39 is 5.95 Å². The van der Waals surface area contributed by atoms with Crippen LogP contribution in [0.3, 0.4) is 0 Å². The smallest absolute Gasteiger partial charge is 0.277 e.